The molecule has 76 valence electrons. The van der Waals surface area contributed by atoms with Crippen LogP contribution < -0.4 is 0 Å². The van der Waals surface area contributed by atoms with Gasteiger partial charge in [-0.3, -0.25) is 0 Å². The first-order valence-corrected chi connectivity index (χ1v) is 5.62. The van der Waals surface area contributed by atoms with Gasteiger partial charge >= 0.3 is 0 Å². The Balaban J connectivity index is 0.000000671. The zero-order chi connectivity index (χ0) is 10.4. The summed E-state index contributed by atoms with van der Waals surface area (Å²) in [4.78, 5) is 2.39. The van der Waals surface area contributed by atoms with Crippen LogP contribution in [0.15, 0.2) is 0 Å². The lowest BCUT2D eigenvalue weighted by Crippen LogP contribution is -2.46. The van der Waals surface area contributed by atoms with E-state index in [1.54, 1.807) is 0 Å². The van der Waals surface area contributed by atoms with Gasteiger partial charge in [0.15, 0.2) is 0 Å². The molecule has 1 rings (SSSR count). The third-order valence-electron chi connectivity index (χ3n) is 2.61. The summed E-state index contributed by atoms with van der Waals surface area (Å²) in [6.07, 6.45) is 2.48. The fourth-order valence-electron chi connectivity index (χ4n) is 1.84. The predicted molar refractivity (Wildman–Crippen MR) is 61.1 cm³/mol. The fourth-order valence-corrected chi connectivity index (χ4v) is 1.84. The Morgan fingerprint density at radius 2 is 1.85 bits per heavy atom. The van der Waals surface area contributed by atoms with Crippen LogP contribution in [-0.4, -0.2) is 31.3 Å². The van der Waals surface area contributed by atoms with Crippen LogP contribution in [0.4, 0.5) is 0 Å². The lowest BCUT2D eigenvalue weighted by atomic mass is 9.80. The summed E-state index contributed by atoms with van der Waals surface area (Å²) in [5.74, 6) is 1.12. The van der Waals surface area contributed by atoms with Gasteiger partial charge in [-0.25, -0.2) is 0 Å². The van der Waals surface area contributed by atoms with Gasteiger partial charge in [-0.2, -0.15) is 0 Å². The van der Waals surface area contributed by atoms with Crippen LogP contribution in [0.2, 0.25) is 0 Å². The van der Waals surface area contributed by atoms with Crippen LogP contribution in [0.1, 0.15) is 47.5 Å². The molecule has 2 unspecified atom stereocenters. The van der Waals surface area contributed by atoms with E-state index < -0.39 is 0 Å². The van der Waals surface area contributed by atoms with Crippen molar-refractivity contribution in [1.29, 1.82) is 0 Å². The zero-order valence-corrected chi connectivity index (χ0v) is 9.88. The first-order valence-electron chi connectivity index (χ1n) is 5.62. The van der Waals surface area contributed by atoms with Crippen LogP contribution in [0, 0.1) is 5.92 Å². The molecule has 2 radical (unpaired) electrons. The molecule has 0 aromatic rings. The van der Waals surface area contributed by atoms with Crippen molar-refractivity contribution in [3.63, 3.8) is 0 Å². The Morgan fingerprint density at radius 3 is 2.23 bits per heavy atom. The minimum Gasteiger partial charge on any atom is -0.307 e. The molecule has 0 N–H and O–H groups in total. The van der Waals surface area contributed by atoms with E-state index in [9.17, 15) is 0 Å². The monoisotopic (exact) mass is 181 g/mol. The van der Waals surface area contributed by atoms with Gasteiger partial charge in [-0.05, 0) is 45.1 Å². The molecular formula is C11H24BN. The van der Waals surface area contributed by atoms with E-state index in [0.717, 1.165) is 12.3 Å². The van der Waals surface area contributed by atoms with Gasteiger partial charge in [0.25, 0.3) is 0 Å². The molecule has 0 amide bonds. The summed E-state index contributed by atoms with van der Waals surface area (Å²) in [5, 5.41) is 0. The molecule has 0 saturated carbocycles. The van der Waals surface area contributed by atoms with Gasteiger partial charge in [0, 0.05) is 6.04 Å². The largest absolute Gasteiger partial charge is 0.307 e. The minimum atomic E-state index is 0.304. The average molecular weight is 181 g/mol. The van der Waals surface area contributed by atoms with Gasteiger partial charge in [0.2, 0.25) is 0 Å². The van der Waals surface area contributed by atoms with Crippen molar-refractivity contribution in [2.24, 2.45) is 5.92 Å². The maximum absolute atomic E-state index is 6.00. The summed E-state index contributed by atoms with van der Waals surface area (Å²) in [7, 11) is 6.00. The summed E-state index contributed by atoms with van der Waals surface area (Å²) in [6.45, 7) is 11.9. The molecule has 13 heavy (non-hydrogen) atoms. The van der Waals surface area contributed by atoms with Gasteiger partial charge < -0.3 is 4.90 Å². The number of piperidine rings is 1. The van der Waals surface area contributed by atoms with E-state index in [0.29, 0.717) is 12.0 Å². The van der Waals surface area contributed by atoms with Gasteiger partial charge in [0.05, 0.1) is 7.85 Å². The second kappa shape index (κ2) is 6.47. The van der Waals surface area contributed by atoms with Crippen molar-refractivity contribution in [2.45, 2.75) is 59.4 Å². The molecule has 1 saturated heterocycles. The van der Waals surface area contributed by atoms with Crippen molar-refractivity contribution in [3.8, 4) is 0 Å². The molecule has 2 atom stereocenters. The summed E-state index contributed by atoms with van der Waals surface area (Å²) < 4.78 is 0. The Labute approximate surface area is 85.3 Å². The number of hydrogen-bond donors (Lipinski definition) is 0. The number of hydrogen-bond acceptors (Lipinski definition) is 1. The summed E-state index contributed by atoms with van der Waals surface area (Å²) >= 11 is 0. The van der Waals surface area contributed by atoms with Gasteiger partial charge in [0.1, 0.15) is 0 Å². The number of likely N-dealkylation sites (tertiary alicyclic amines) is 1. The van der Waals surface area contributed by atoms with E-state index in [4.69, 9.17) is 7.85 Å². The highest BCUT2D eigenvalue weighted by molar-refractivity contribution is 6.11. The molecule has 1 nitrogen and oxygen atoms in total. The Morgan fingerprint density at radius 1 is 1.31 bits per heavy atom. The molecule has 2 heteroatoms. The summed E-state index contributed by atoms with van der Waals surface area (Å²) in [6, 6.07) is 0.609. The maximum Gasteiger partial charge on any atom is 0.0910 e. The maximum atomic E-state index is 6.00. The molecule has 1 heterocycles. The molecule has 0 spiro atoms. The quantitative estimate of drug-likeness (QED) is 0.562. The van der Waals surface area contributed by atoms with Crippen molar-refractivity contribution < 1.29 is 0 Å². The van der Waals surface area contributed by atoms with Crippen molar-refractivity contribution in [1.82, 2.24) is 4.90 Å². The third kappa shape index (κ3) is 4.17. The first kappa shape index (κ1) is 13.0. The molecule has 0 bridgehead atoms. The van der Waals surface area contributed by atoms with Crippen LogP contribution in [0.3, 0.4) is 0 Å². The standard InChI is InChI=1S/C9H18BN.C2H6/c1-7(2)11-5-4-8(3)6-9(11)10;1-2/h7-9H,4-6H2,1-3H3;1-2H3. The van der Waals surface area contributed by atoms with Crippen molar-refractivity contribution >= 4 is 7.85 Å². The highest BCUT2D eigenvalue weighted by Crippen LogP contribution is 2.21. The average Bonchev–Trinajstić information content (AvgIpc) is 2.07. The number of nitrogens with zero attached hydrogens (tertiary/aromatic N) is 1. The predicted octanol–water partition coefficient (Wildman–Crippen LogP) is 2.65. The molecule has 1 aliphatic heterocycles. The molecule has 0 aliphatic carbocycles. The molecule has 1 fully saturated rings. The highest BCUT2D eigenvalue weighted by Gasteiger charge is 2.23. The SMILES string of the molecule is CC.[B]C1CC(C)CCN1C(C)C. The smallest absolute Gasteiger partial charge is 0.0910 e. The van der Waals surface area contributed by atoms with Crippen LogP contribution in [0.5, 0.6) is 0 Å². The second-order valence-electron chi connectivity index (χ2n) is 4.03. The Hall–Kier alpha value is 0.0249. The van der Waals surface area contributed by atoms with E-state index in [1.807, 2.05) is 13.8 Å². The van der Waals surface area contributed by atoms with Crippen LogP contribution in [-0.2, 0) is 0 Å². The molecule has 0 aromatic heterocycles. The fraction of sp³-hybridized carbons (Fsp3) is 1.00. The molecular weight excluding hydrogens is 157 g/mol. The topological polar surface area (TPSA) is 3.24 Å². The first-order chi connectivity index (χ1) is 6.11. The van der Waals surface area contributed by atoms with E-state index in [1.165, 1.54) is 13.0 Å². The van der Waals surface area contributed by atoms with E-state index in [2.05, 4.69) is 25.7 Å². The third-order valence-corrected chi connectivity index (χ3v) is 2.61. The van der Waals surface area contributed by atoms with E-state index >= 15 is 0 Å². The molecule has 1 aliphatic rings. The lowest BCUT2D eigenvalue weighted by molar-refractivity contribution is 0.132. The van der Waals surface area contributed by atoms with Crippen molar-refractivity contribution in [3.05, 3.63) is 0 Å². The molecule has 0 aromatic carbocycles. The van der Waals surface area contributed by atoms with Crippen LogP contribution >= 0.6 is 0 Å². The number of rotatable bonds is 1. The van der Waals surface area contributed by atoms with Gasteiger partial charge in [-0.1, -0.05) is 20.8 Å². The highest BCUT2D eigenvalue weighted by atomic mass is 15.2. The van der Waals surface area contributed by atoms with E-state index in [-0.39, 0.29) is 0 Å². The van der Waals surface area contributed by atoms with Crippen LogP contribution in [0.25, 0.3) is 0 Å². The minimum absolute atomic E-state index is 0.304. The Bertz CT molecular complexity index is 125. The lowest BCUT2D eigenvalue weighted by Gasteiger charge is -2.39. The van der Waals surface area contributed by atoms with Gasteiger partial charge in [-0.15, -0.1) is 0 Å². The zero-order valence-electron chi connectivity index (χ0n) is 9.88. The Kier molecular flexibility index (Phi) is 6.49. The van der Waals surface area contributed by atoms with Crippen molar-refractivity contribution in [2.75, 3.05) is 6.54 Å². The summed E-state index contributed by atoms with van der Waals surface area (Å²) in [5.41, 5.74) is 0. The normalized spacial score (nSPS) is 29.7. The second-order valence-corrected chi connectivity index (χ2v) is 4.03.